The number of anilines is 1. The molecule has 142 valence electrons. The van der Waals surface area contributed by atoms with Crippen LogP contribution in [0.1, 0.15) is 39.3 Å². The molecule has 1 saturated heterocycles. The van der Waals surface area contributed by atoms with Gasteiger partial charge in [0.1, 0.15) is 5.69 Å². The number of benzene rings is 1. The van der Waals surface area contributed by atoms with Crippen LogP contribution in [0, 0.1) is 0 Å². The average molecular weight is 398 g/mol. The Morgan fingerprint density at radius 1 is 1.11 bits per heavy atom. The van der Waals surface area contributed by atoms with E-state index in [0.29, 0.717) is 13.1 Å². The highest BCUT2D eigenvalue weighted by molar-refractivity contribution is 6.30. The van der Waals surface area contributed by atoms with Crippen LogP contribution in [0.15, 0.2) is 36.5 Å². The van der Waals surface area contributed by atoms with Gasteiger partial charge in [0, 0.05) is 29.9 Å². The fraction of sp³-hybridized carbons (Fsp3) is 0.278. The Morgan fingerprint density at radius 2 is 1.81 bits per heavy atom. The summed E-state index contributed by atoms with van der Waals surface area (Å²) in [5, 5.41) is 2.13. The molecule has 2 amide bonds. The van der Waals surface area contributed by atoms with Gasteiger partial charge in [-0.05, 0) is 43.2 Å². The number of nitrogens with zero attached hydrogens (tertiary/aromatic N) is 2. The van der Waals surface area contributed by atoms with E-state index >= 15 is 0 Å². The number of pyridine rings is 1. The van der Waals surface area contributed by atoms with Crippen molar-refractivity contribution in [2.75, 3.05) is 18.4 Å². The molecule has 0 unspecified atom stereocenters. The van der Waals surface area contributed by atoms with E-state index in [4.69, 9.17) is 11.6 Å². The summed E-state index contributed by atoms with van der Waals surface area (Å²) in [7, 11) is 0. The molecule has 0 spiro atoms. The molecule has 3 rings (SSSR count). The Balaban J connectivity index is 1.83. The van der Waals surface area contributed by atoms with Gasteiger partial charge in [-0.2, -0.15) is 13.2 Å². The Hall–Kier alpha value is -2.61. The van der Waals surface area contributed by atoms with E-state index < -0.39 is 23.3 Å². The van der Waals surface area contributed by atoms with Gasteiger partial charge in [0.15, 0.2) is 0 Å². The maximum Gasteiger partial charge on any atom is 0.418 e. The number of halogens is 4. The van der Waals surface area contributed by atoms with E-state index in [1.807, 2.05) is 0 Å². The molecule has 2 aromatic rings. The molecule has 27 heavy (non-hydrogen) atoms. The highest BCUT2D eigenvalue weighted by Crippen LogP contribution is 2.36. The summed E-state index contributed by atoms with van der Waals surface area (Å²) in [5.74, 6) is -1.08. The first-order valence-electron chi connectivity index (χ1n) is 8.19. The number of aromatic nitrogens is 1. The van der Waals surface area contributed by atoms with Crippen LogP contribution in [-0.4, -0.2) is 34.8 Å². The van der Waals surface area contributed by atoms with Gasteiger partial charge in [0.25, 0.3) is 11.8 Å². The first kappa shape index (κ1) is 19.2. The van der Waals surface area contributed by atoms with Crippen LogP contribution in [0.4, 0.5) is 18.9 Å². The molecule has 9 heteroatoms. The number of rotatable bonds is 3. The maximum absolute atomic E-state index is 13.2. The lowest BCUT2D eigenvalue weighted by atomic mass is 10.1. The number of likely N-dealkylation sites (tertiary alicyclic amines) is 1. The molecule has 1 aromatic carbocycles. The standard InChI is InChI=1S/C18H15ClF3N3O2/c19-12-3-4-14(13(10-12)18(20,21)22)24-16(26)11-5-6-23-15(9-11)17(27)25-7-1-2-8-25/h3-6,9-10H,1-2,7-8H2,(H,24,26). The summed E-state index contributed by atoms with van der Waals surface area (Å²) < 4.78 is 39.5. The third kappa shape index (κ3) is 4.39. The molecule has 1 aliphatic heterocycles. The van der Waals surface area contributed by atoms with E-state index in [0.717, 1.165) is 25.0 Å². The minimum Gasteiger partial charge on any atom is -0.337 e. The van der Waals surface area contributed by atoms with Crippen molar-refractivity contribution in [1.82, 2.24) is 9.88 Å². The minimum atomic E-state index is -4.68. The zero-order valence-corrected chi connectivity index (χ0v) is 14.8. The zero-order chi connectivity index (χ0) is 19.6. The molecule has 1 N–H and O–H groups in total. The fourth-order valence-corrected chi connectivity index (χ4v) is 3.00. The van der Waals surface area contributed by atoms with Crippen LogP contribution in [0.2, 0.25) is 5.02 Å². The SMILES string of the molecule is O=C(Nc1ccc(Cl)cc1C(F)(F)F)c1ccnc(C(=O)N2CCCC2)c1. The molecule has 1 aromatic heterocycles. The van der Waals surface area contributed by atoms with Crippen molar-refractivity contribution in [3.63, 3.8) is 0 Å². The van der Waals surface area contributed by atoms with E-state index in [9.17, 15) is 22.8 Å². The van der Waals surface area contributed by atoms with Crippen LogP contribution in [0.25, 0.3) is 0 Å². The number of carbonyl (C=O) groups is 2. The quantitative estimate of drug-likeness (QED) is 0.842. The number of alkyl halides is 3. The maximum atomic E-state index is 13.2. The molecular weight excluding hydrogens is 383 g/mol. The highest BCUT2D eigenvalue weighted by Gasteiger charge is 2.34. The van der Waals surface area contributed by atoms with Crippen LogP contribution in [0.5, 0.6) is 0 Å². The molecule has 2 heterocycles. The Morgan fingerprint density at radius 3 is 2.48 bits per heavy atom. The zero-order valence-electron chi connectivity index (χ0n) is 14.0. The Labute approximate surface area is 158 Å². The van der Waals surface area contributed by atoms with Gasteiger partial charge in [-0.1, -0.05) is 11.6 Å². The lowest BCUT2D eigenvalue weighted by Gasteiger charge is -2.16. The normalized spacial score (nSPS) is 14.3. The van der Waals surface area contributed by atoms with Crippen molar-refractivity contribution in [3.05, 3.63) is 58.4 Å². The average Bonchev–Trinajstić information content (AvgIpc) is 3.16. The van der Waals surface area contributed by atoms with Crippen LogP contribution >= 0.6 is 11.6 Å². The van der Waals surface area contributed by atoms with Crippen molar-refractivity contribution >= 4 is 29.1 Å². The van der Waals surface area contributed by atoms with Gasteiger partial charge in [-0.15, -0.1) is 0 Å². The van der Waals surface area contributed by atoms with Crippen LogP contribution in [-0.2, 0) is 6.18 Å². The second-order valence-corrected chi connectivity index (χ2v) is 6.51. The molecule has 0 bridgehead atoms. The number of amides is 2. The Bertz CT molecular complexity index is 880. The second kappa shape index (κ2) is 7.56. The minimum absolute atomic E-state index is 0.0376. The molecule has 0 aliphatic carbocycles. The predicted octanol–water partition coefficient (Wildman–Crippen LogP) is 4.24. The largest absolute Gasteiger partial charge is 0.418 e. The van der Waals surface area contributed by atoms with E-state index in [1.165, 1.54) is 24.4 Å². The molecular formula is C18H15ClF3N3O2. The summed E-state index contributed by atoms with van der Waals surface area (Å²) in [6.07, 6.45) is -1.58. The number of nitrogens with one attached hydrogen (secondary N) is 1. The summed E-state index contributed by atoms with van der Waals surface area (Å²) in [4.78, 5) is 30.4. The van der Waals surface area contributed by atoms with Gasteiger partial charge in [-0.25, -0.2) is 0 Å². The monoisotopic (exact) mass is 397 g/mol. The van der Waals surface area contributed by atoms with Gasteiger partial charge in [-0.3, -0.25) is 14.6 Å². The van der Waals surface area contributed by atoms with E-state index in [2.05, 4.69) is 10.3 Å². The molecule has 0 atom stereocenters. The summed E-state index contributed by atoms with van der Waals surface area (Å²) >= 11 is 5.63. The van der Waals surface area contributed by atoms with E-state index in [-0.39, 0.29) is 22.2 Å². The van der Waals surface area contributed by atoms with Gasteiger partial charge < -0.3 is 10.2 Å². The molecule has 1 fully saturated rings. The lowest BCUT2D eigenvalue weighted by Crippen LogP contribution is -2.28. The van der Waals surface area contributed by atoms with Gasteiger partial charge in [0.05, 0.1) is 11.3 Å². The van der Waals surface area contributed by atoms with Crippen LogP contribution in [0.3, 0.4) is 0 Å². The summed E-state index contributed by atoms with van der Waals surface area (Å²) in [6.45, 7) is 1.24. The first-order chi connectivity index (χ1) is 12.8. The van der Waals surface area contributed by atoms with Crippen molar-refractivity contribution in [2.24, 2.45) is 0 Å². The molecule has 0 saturated carbocycles. The van der Waals surface area contributed by atoms with Gasteiger partial charge in [0.2, 0.25) is 0 Å². The predicted molar refractivity (Wildman–Crippen MR) is 93.8 cm³/mol. The summed E-state index contributed by atoms with van der Waals surface area (Å²) in [6, 6.07) is 5.69. The van der Waals surface area contributed by atoms with Crippen molar-refractivity contribution in [2.45, 2.75) is 19.0 Å². The summed E-state index contributed by atoms with van der Waals surface area (Å²) in [5.41, 5.74) is -1.35. The fourth-order valence-electron chi connectivity index (χ4n) is 2.83. The molecule has 0 radical (unpaired) electrons. The second-order valence-electron chi connectivity index (χ2n) is 6.07. The van der Waals surface area contributed by atoms with Crippen molar-refractivity contribution in [1.29, 1.82) is 0 Å². The topological polar surface area (TPSA) is 62.3 Å². The lowest BCUT2D eigenvalue weighted by molar-refractivity contribution is -0.136. The molecule has 5 nitrogen and oxygen atoms in total. The smallest absolute Gasteiger partial charge is 0.337 e. The third-order valence-corrected chi connectivity index (χ3v) is 4.40. The molecule has 1 aliphatic rings. The van der Waals surface area contributed by atoms with Crippen molar-refractivity contribution < 1.29 is 22.8 Å². The first-order valence-corrected chi connectivity index (χ1v) is 8.57. The highest BCUT2D eigenvalue weighted by atomic mass is 35.5. The third-order valence-electron chi connectivity index (χ3n) is 4.17. The number of hydrogen-bond acceptors (Lipinski definition) is 3. The number of hydrogen-bond donors (Lipinski definition) is 1. The Kier molecular flexibility index (Phi) is 5.36. The van der Waals surface area contributed by atoms with E-state index in [1.54, 1.807) is 4.90 Å². The van der Waals surface area contributed by atoms with Crippen LogP contribution < -0.4 is 5.32 Å². The van der Waals surface area contributed by atoms with Gasteiger partial charge >= 0.3 is 6.18 Å². The van der Waals surface area contributed by atoms with Crippen molar-refractivity contribution in [3.8, 4) is 0 Å². The number of carbonyl (C=O) groups excluding carboxylic acids is 2.